The van der Waals surface area contributed by atoms with Gasteiger partial charge in [-0.1, -0.05) is 522 Å². The second kappa shape index (κ2) is 125. The van der Waals surface area contributed by atoms with Gasteiger partial charge in [0.05, 0.1) is 0 Å². The summed E-state index contributed by atoms with van der Waals surface area (Å²) in [5.74, 6) is 0. The average molecular weight is 1270 g/mol. The van der Waals surface area contributed by atoms with Crippen molar-refractivity contribution in [2.24, 2.45) is 0 Å². The third-order valence-corrected chi connectivity index (χ3v) is 15.7. The van der Waals surface area contributed by atoms with E-state index in [0.717, 1.165) is 0 Å². The Balaban J connectivity index is -0.000000108. The van der Waals surface area contributed by atoms with Crippen LogP contribution < -0.4 is 0 Å². The van der Waals surface area contributed by atoms with E-state index in [1.807, 2.05) is 0 Å². The van der Waals surface area contributed by atoms with E-state index >= 15 is 0 Å². The molecule has 0 fully saturated rings. The molecule has 0 aliphatic rings. The lowest BCUT2D eigenvalue weighted by atomic mass is 10.1. The second-order valence-electron chi connectivity index (χ2n) is 25.2. The Kier molecular flexibility index (Phi) is 155. The zero-order chi connectivity index (χ0) is 64.8. The van der Waals surface area contributed by atoms with E-state index < -0.39 is 6.73 Å². The van der Waals surface area contributed by atoms with Crippen LogP contribution in [0.15, 0.2) is 0 Å². The third kappa shape index (κ3) is 172. The highest BCUT2D eigenvalue weighted by molar-refractivity contribution is 7.54. The first kappa shape index (κ1) is 104. The minimum absolute atomic E-state index is 1.37. The highest BCUT2D eigenvalue weighted by atomic mass is 35.8. The van der Waals surface area contributed by atoms with Crippen LogP contribution in [0.2, 0.25) is 0 Å². The van der Waals surface area contributed by atoms with Crippen LogP contribution in [-0.2, 0) is 0 Å². The number of halogens is 3. The number of hydrogen-bond acceptors (Lipinski definition) is 0. The van der Waals surface area contributed by atoms with Gasteiger partial charge < -0.3 is 0 Å². The van der Waals surface area contributed by atoms with Crippen molar-refractivity contribution >= 4 is 40.0 Å². The molecule has 0 N–H and O–H groups in total. The number of unbranched alkanes of at least 4 members (excludes halogenated alkanes) is 56. The first-order valence-electron chi connectivity index (χ1n) is 40.0. The Morgan fingerprint density at radius 1 is 0.107 bits per heavy atom. The maximum atomic E-state index is 4.94. The van der Waals surface area contributed by atoms with E-state index in [-0.39, 0.29) is 0 Å². The monoisotopic (exact) mass is 1270 g/mol. The van der Waals surface area contributed by atoms with Gasteiger partial charge in [0.25, 0.3) is 0 Å². The molecule has 0 radical (unpaired) electrons. The lowest BCUT2D eigenvalue weighted by Crippen LogP contribution is -1.77. The summed E-state index contributed by atoms with van der Waals surface area (Å²) >= 11 is 14.8. The molecule has 0 rings (SSSR count). The smallest absolute Gasteiger partial charge is 0.130 e. The lowest BCUT2D eigenvalue weighted by molar-refractivity contribution is 0.585. The van der Waals surface area contributed by atoms with Gasteiger partial charge in [-0.25, -0.2) is 0 Å². The maximum Gasteiger partial charge on any atom is 0.326 e. The molecule has 0 nitrogen and oxygen atoms in total. The normalized spacial score (nSPS) is 10.1. The van der Waals surface area contributed by atoms with Gasteiger partial charge in [0, 0.05) is 0 Å². The molecule has 522 valence electrons. The van der Waals surface area contributed by atoms with Crippen LogP contribution in [0, 0.1) is 0 Å². The number of hydrogen-bond donors (Lipinski definition) is 0. The predicted octanol–water partition coefficient (Wildman–Crippen LogP) is 34.6. The molecule has 4 heteroatoms. The highest BCUT2D eigenvalue weighted by Crippen LogP contribution is 2.13. The summed E-state index contributed by atoms with van der Waals surface area (Å²) in [6, 6.07) is 0. The van der Waals surface area contributed by atoms with Gasteiger partial charge in [-0.2, -0.15) is 0 Å². The molecule has 0 atom stereocenters. The van der Waals surface area contributed by atoms with Gasteiger partial charge in [0.15, 0.2) is 0 Å². The molecule has 0 aromatic rings. The zero-order valence-corrected chi connectivity index (χ0v) is 66.4. The van der Waals surface area contributed by atoms with Gasteiger partial charge in [0.2, 0.25) is 0 Å². The van der Waals surface area contributed by atoms with E-state index in [4.69, 9.17) is 33.2 Å². The van der Waals surface area contributed by atoms with Crippen molar-refractivity contribution in [1.29, 1.82) is 0 Å². The summed E-state index contributed by atoms with van der Waals surface area (Å²) in [4.78, 5) is 0. The zero-order valence-electron chi connectivity index (χ0n) is 63.0. The van der Waals surface area contributed by atoms with Gasteiger partial charge in [0.1, 0.15) is 0 Å². The van der Waals surface area contributed by atoms with Gasteiger partial charge in [-0.3, -0.25) is 0 Å². The molecule has 0 amide bonds. The molecule has 0 spiro atoms. The van der Waals surface area contributed by atoms with Crippen LogP contribution in [0.3, 0.4) is 0 Å². The Hall–Kier alpha value is 1.09. The minimum atomic E-state index is -1.72. The largest absolute Gasteiger partial charge is 0.326 e. The molecular weight excluding hydrogens is 1100 g/mol. The molecule has 84 heavy (non-hydrogen) atoms. The van der Waals surface area contributed by atoms with Gasteiger partial charge in [-0.05, 0) is 0 Å². The minimum Gasteiger partial charge on any atom is -0.130 e. The Morgan fingerprint density at radius 2 is 0.143 bits per heavy atom. The van der Waals surface area contributed by atoms with E-state index in [1.54, 1.807) is 0 Å². The molecule has 0 saturated carbocycles. The Labute approximate surface area is 558 Å². The first-order chi connectivity index (χ1) is 41.0. The second-order valence-corrected chi connectivity index (χ2v) is 31.7. The molecule has 0 saturated heterocycles. The molecule has 0 unspecified atom stereocenters. The number of rotatable bonds is 56. The summed E-state index contributed by atoms with van der Waals surface area (Å²) in [5, 5.41) is 0. The summed E-state index contributed by atoms with van der Waals surface area (Å²) in [7, 11) is 0. The maximum absolute atomic E-state index is 4.94. The molecule has 0 aliphatic heterocycles. The van der Waals surface area contributed by atoms with Crippen molar-refractivity contribution in [3.8, 4) is 0 Å². The van der Waals surface area contributed by atoms with E-state index in [1.165, 1.54) is 411 Å². The van der Waals surface area contributed by atoms with Crippen molar-refractivity contribution < 1.29 is 0 Å². The SMILES string of the molecule is CCCCCCCCCC.CCCCCCCCCC.CCCCCCCCCC.CCCCCCCCCC.CCCCCCCCCC.CCCCCCCCCC.CCCCCCCCCC.CCCCCCCCCC.Cl[SiH](Cl)Cl. The standard InChI is InChI=1S/8C10H22.Cl3HSi/c8*1-3-5-7-9-10-8-6-4-2;1-4(2)3/h8*3-10H2,1-2H3;4H. The van der Waals surface area contributed by atoms with E-state index in [2.05, 4.69) is 111 Å². The van der Waals surface area contributed by atoms with Crippen LogP contribution in [0.25, 0.3) is 0 Å². The highest BCUT2D eigenvalue weighted by Gasteiger charge is 1.94. The van der Waals surface area contributed by atoms with Gasteiger partial charge in [-0.15, -0.1) is 33.2 Å². The lowest BCUT2D eigenvalue weighted by Gasteiger charge is -1.97. The molecule has 0 aliphatic carbocycles. The van der Waals surface area contributed by atoms with Gasteiger partial charge >= 0.3 is 6.73 Å². The van der Waals surface area contributed by atoms with Crippen LogP contribution >= 0.6 is 33.2 Å². The Morgan fingerprint density at radius 3 is 0.179 bits per heavy atom. The van der Waals surface area contributed by atoms with E-state index in [0.29, 0.717) is 0 Å². The quantitative estimate of drug-likeness (QED) is 0.0323. The molecule has 0 aromatic heterocycles. The molecular formula is C80H177Cl3Si. The van der Waals surface area contributed by atoms with Crippen molar-refractivity contribution in [2.45, 2.75) is 522 Å². The fraction of sp³-hybridized carbons (Fsp3) is 1.00. The molecule has 0 heterocycles. The van der Waals surface area contributed by atoms with Crippen LogP contribution in [-0.4, -0.2) is 6.73 Å². The summed E-state index contributed by atoms with van der Waals surface area (Å²) in [5.41, 5.74) is 0. The summed E-state index contributed by atoms with van der Waals surface area (Å²) < 4.78 is 0. The van der Waals surface area contributed by atoms with Crippen molar-refractivity contribution in [1.82, 2.24) is 0 Å². The fourth-order valence-corrected chi connectivity index (χ4v) is 9.66. The summed E-state index contributed by atoms with van der Waals surface area (Å²) in [6.45, 7) is 34.6. The van der Waals surface area contributed by atoms with E-state index in [9.17, 15) is 0 Å². The predicted molar refractivity (Wildman–Crippen MR) is 411 cm³/mol. The molecule has 0 bridgehead atoms. The average Bonchev–Trinajstić information content (AvgIpc) is 3.49. The fourth-order valence-electron chi connectivity index (χ4n) is 9.66. The van der Waals surface area contributed by atoms with Crippen LogP contribution in [0.5, 0.6) is 0 Å². The third-order valence-electron chi connectivity index (χ3n) is 15.7. The summed E-state index contributed by atoms with van der Waals surface area (Å²) in [6.07, 6.45) is 91.7. The Bertz CT molecular complexity index is 579. The van der Waals surface area contributed by atoms with Crippen LogP contribution in [0.1, 0.15) is 522 Å². The van der Waals surface area contributed by atoms with Crippen LogP contribution in [0.4, 0.5) is 0 Å². The van der Waals surface area contributed by atoms with Crippen molar-refractivity contribution in [3.63, 3.8) is 0 Å². The van der Waals surface area contributed by atoms with Crippen molar-refractivity contribution in [3.05, 3.63) is 0 Å². The topological polar surface area (TPSA) is 0 Å². The molecule has 0 aromatic carbocycles. The first-order valence-corrected chi connectivity index (χ1v) is 45.2. The van der Waals surface area contributed by atoms with Crippen molar-refractivity contribution in [2.75, 3.05) is 0 Å².